The average molecular weight is 484 g/mol. The maximum Gasteiger partial charge on any atom is 0.234 e. The fourth-order valence-corrected chi connectivity index (χ4v) is 4.67. The summed E-state index contributed by atoms with van der Waals surface area (Å²) in [7, 11) is 0. The zero-order valence-electron chi connectivity index (χ0n) is 19.7. The van der Waals surface area contributed by atoms with E-state index < -0.39 is 0 Å². The van der Waals surface area contributed by atoms with Crippen LogP contribution in [0.4, 0.5) is 23.0 Å². The number of carbonyl (C=O) groups excluding carboxylic acids is 1. The van der Waals surface area contributed by atoms with Crippen LogP contribution in [0.1, 0.15) is 12.8 Å². The Bertz CT molecular complexity index is 972. The highest BCUT2D eigenvalue weighted by Gasteiger charge is 2.26. The number of nitrogens with one attached hydrogen (secondary N) is 2. The van der Waals surface area contributed by atoms with Crippen LogP contribution >= 0.6 is 11.8 Å². The van der Waals surface area contributed by atoms with E-state index in [0.717, 1.165) is 87.8 Å². The van der Waals surface area contributed by atoms with Crippen molar-refractivity contribution in [3.8, 4) is 0 Å². The standard InChI is InChI=1S/C24H33N7O2S/c1-34-24-27-21(25-18-4-6-20(7-5-18)30-12-14-33-15-13-30)16-22(28-24)31-10-8-29(9-11-31)17-23(32)26-19-2-3-19/h4-7,16,19H,2-3,8-15,17H2,1H3,(H,26,32)(H,25,27,28). The van der Waals surface area contributed by atoms with Gasteiger partial charge in [0.2, 0.25) is 5.91 Å². The lowest BCUT2D eigenvalue weighted by Crippen LogP contribution is -2.50. The third kappa shape index (κ3) is 6.11. The molecular formula is C24H33N7O2S. The zero-order valence-corrected chi connectivity index (χ0v) is 20.5. The van der Waals surface area contributed by atoms with Crippen molar-refractivity contribution in [2.75, 3.05) is 80.4 Å². The summed E-state index contributed by atoms with van der Waals surface area (Å²) in [6, 6.07) is 10.9. The Kier molecular flexibility index (Phi) is 7.36. The number of rotatable bonds is 8. The Labute approximate surface area is 205 Å². The summed E-state index contributed by atoms with van der Waals surface area (Å²) in [6.45, 7) is 7.29. The van der Waals surface area contributed by atoms with Gasteiger partial charge in [0.25, 0.3) is 0 Å². The Morgan fingerprint density at radius 1 is 1.03 bits per heavy atom. The highest BCUT2D eigenvalue weighted by molar-refractivity contribution is 7.98. The van der Waals surface area contributed by atoms with Gasteiger partial charge in [0.1, 0.15) is 11.6 Å². The first kappa shape index (κ1) is 23.2. The van der Waals surface area contributed by atoms with Gasteiger partial charge in [-0.05, 0) is 43.4 Å². The number of amides is 1. The predicted octanol–water partition coefficient (Wildman–Crippen LogP) is 2.18. The van der Waals surface area contributed by atoms with E-state index in [1.165, 1.54) is 5.69 Å². The minimum Gasteiger partial charge on any atom is -0.378 e. The summed E-state index contributed by atoms with van der Waals surface area (Å²) in [6.07, 6.45) is 4.25. The molecule has 1 aromatic heterocycles. The topological polar surface area (TPSA) is 85.9 Å². The molecule has 5 rings (SSSR count). The molecule has 3 fully saturated rings. The van der Waals surface area contributed by atoms with Crippen LogP contribution < -0.4 is 20.4 Å². The van der Waals surface area contributed by atoms with Crippen LogP contribution in [0.3, 0.4) is 0 Å². The molecule has 0 bridgehead atoms. The van der Waals surface area contributed by atoms with Crippen LogP contribution in [0.25, 0.3) is 0 Å². The number of hydrogen-bond donors (Lipinski definition) is 2. The zero-order chi connectivity index (χ0) is 23.3. The second kappa shape index (κ2) is 10.8. The number of aromatic nitrogens is 2. The van der Waals surface area contributed by atoms with Crippen LogP contribution in [-0.2, 0) is 9.53 Å². The molecule has 2 N–H and O–H groups in total. The highest BCUT2D eigenvalue weighted by Crippen LogP contribution is 2.26. The Morgan fingerprint density at radius 2 is 1.76 bits per heavy atom. The lowest BCUT2D eigenvalue weighted by atomic mass is 10.2. The van der Waals surface area contributed by atoms with Crippen molar-refractivity contribution < 1.29 is 9.53 Å². The second-order valence-electron chi connectivity index (χ2n) is 8.97. The first-order valence-corrected chi connectivity index (χ1v) is 13.3. The van der Waals surface area contributed by atoms with Crippen molar-refractivity contribution in [2.24, 2.45) is 0 Å². The Hall–Kier alpha value is -2.56. The summed E-state index contributed by atoms with van der Waals surface area (Å²) in [5.41, 5.74) is 2.21. The van der Waals surface area contributed by atoms with Crippen LogP contribution in [-0.4, -0.2) is 92.1 Å². The van der Waals surface area contributed by atoms with Crippen molar-refractivity contribution >= 4 is 40.7 Å². The molecule has 1 amide bonds. The molecule has 0 radical (unpaired) electrons. The van der Waals surface area contributed by atoms with E-state index >= 15 is 0 Å². The van der Waals surface area contributed by atoms with Crippen molar-refractivity contribution in [1.29, 1.82) is 0 Å². The number of benzene rings is 1. The fourth-order valence-electron chi connectivity index (χ4n) is 4.29. The lowest BCUT2D eigenvalue weighted by molar-refractivity contribution is -0.122. The van der Waals surface area contributed by atoms with Gasteiger partial charge in [-0.3, -0.25) is 9.69 Å². The van der Waals surface area contributed by atoms with Crippen molar-refractivity contribution in [3.63, 3.8) is 0 Å². The number of piperazine rings is 1. The van der Waals surface area contributed by atoms with Crippen molar-refractivity contribution in [3.05, 3.63) is 30.3 Å². The van der Waals surface area contributed by atoms with Crippen molar-refractivity contribution in [2.45, 2.75) is 24.0 Å². The summed E-state index contributed by atoms with van der Waals surface area (Å²) in [5.74, 6) is 1.86. The number of ether oxygens (including phenoxy) is 1. The molecule has 182 valence electrons. The van der Waals surface area contributed by atoms with Gasteiger partial charge in [-0.1, -0.05) is 11.8 Å². The third-order valence-electron chi connectivity index (χ3n) is 6.40. The molecule has 3 aliphatic rings. The van der Waals surface area contributed by atoms with Gasteiger partial charge in [0.05, 0.1) is 19.8 Å². The third-order valence-corrected chi connectivity index (χ3v) is 6.94. The average Bonchev–Trinajstić information content (AvgIpc) is 3.69. The number of morpholine rings is 1. The Morgan fingerprint density at radius 3 is 2.44 bits per heavy atom. The lowest BCUT2D eigenvalue weighted by Gasteiger charge is -2.35. The molecule has 0 spiro atoms. The van der Waals surface area contributed by atoms with E-state index in [1.807, 2.05) is 12.3 Å². The minimum atomic E-state index is 0.147. The summed E-state index contributed by atoms with van der Waals surface area (Å²) >= 11 is 1.54. The van der Waals surface area contributed by atoms with Crippen LogP contribution in [0.15, 0.2) is 35.5 Å². The molecule has 1 aliphatic carbocycles. The number of thioether (sulfide) groups is 1. The van der Waals surface area contributed by atoms with Gasteiger partial charge in [0, 0.05) is 62.8 Å². The number of hydrogen-bond acceptors (Lipinski definition) is 9. The molecule has 10 heteroatoms. The second-order valence-corrected chi connectivity index (χ2v) is 9.75. The molecule has 3 heterocycles. The van der Waals surface area contributed by atoms with Gasteiger partial charge in [-0.15, -0.1) is 0 Å². The molecule has 34 heavy (non-hydrogen) atoms. The largest absolute Gasteiger partial charge is 0.378 e. The maximum atomic E-state index is 12.1. The number of nitrogens with zero attached hydrogens (tertiary/aromatic N) is 5. The molecule has 2 aromatic rings. The normalized spacial score (nSPS) is 19.2. The molecule has 1 aromatic carbocycles. The maximum absolute atomic E-state index is 12.1. The highest BCUT2D eigenvalue weighted by atomic mass is 32.2. The minimum absolute atomic E-state index is 0.147. The van der Waals surface area contributed by atoms with E-state index in [2.05, 4.69) is 54.6 Å². The fraction of sp³-hybridized carbons (Fsp3) is 0.542. The number of carbonyl (C=O) groups is 1. The van der Waals surface area contributed by atoms with Gasteiger partial charge in [-0.25, -0.2) is 9.97 Å². The van der Waals surface area contributed by atoms with Gasteiger partial charge < -0.3 is 25.2 Å². The van der Waals surface area contributed by atoms with Crippen LogP contribution in [0.5, 0.6) is 0 Å². The van der Waals surface area contributed by atoms with E-state index in [9.17, 15) is 4.79 Å². The van der Waals surface area contributed by atoms with Gasteiger partial charge in [0.15, 0.2) is 5.16 Å². The van der Waals surface area contributed by atoms with Crippen LogP contribution in [0, 0.1) is 0 Å². The van der Waals surface area contributed by atoms with Crippen LogP contribution in [0.2, 0.25) is 0 Å². The quantitative estimate of drug-likeness (QED) is 0.433. The molecule has 0 unspecified atom stereocenters. The van der Waals surface area contributed by atoms with Crippen molar-refractivity contribution in [1.82, 2.24) is 20.2 Å². The molecule has 9 nitrogen and oxygen atoms in total. The summed E-state index contributed by atoms with van der Waals surface area (Å²) in [5, 5.41) is 7.27. The van der Waals surface area contributed by atoms with Gasteiger partial charge >= 0.3 is 0 Å². The monoisotopic (exact) mass is 483 g/mol. The van der Waals surface area contributed by atoms with Gasteiger partial charge in [-0.2, -0.15) is 0 Å². The predicted molar refractivity (Wildman–Crippen MR) is 136 cm³/mol. The Balaban J connectivity index is 1.20. The first-order chi connectivity index (χ1) is 16.7. The molecular weight excluding hydrogens is 450 g/mol. The van der Waals surface area contributed by atoms with E-state index in [1.54, 1.807) is 11.8 Å². The summed E-state index contributed by atoms with van der Waals surface area (Å²) in [4.78, 5) is 28.4. The SMILES string of the molecule is CSc1nc(Nc2ccc(N3CCOCC3)cc2)cc(N2CCN(CC(=O)NC3CC3)CC2)n1. The van der Waals surface area contributed by atoms with E-state index in [4.69, 9.17) is 9.72 Å². The first-order valence-electron chi connectivity index (χ1n) is 12.1. The molecule has 2 aliphatic heterocycles. The number of anilines is 4. The molecule has 2 saturated heterocycles. The molecule has 0 atom stereocenters. The van der Waals surface area contributed by atoms with E-state index in [0.29, 0.717) is 12.6 Å². The van der Waals surface area contributed by atoms with E-state index in [-0.39, 0.29) is 5.91 Å². The smallest absolute Gasteiger partial charge is 0.234 e. The summed E-state index contributed by atoms with van der Waals surface area (Å²) < 4.78 is 5.45. The molecule has 1 saturated carbocycles.